The highest BCUT2D eigenvalue weighted by Gasteiger charge is 2.16. The van der Waals surface area contributed by atoms with E-state index >= 15 is 0 Å². The molecular weight excluding hydrogens is 534 g/mol. The Bertz CT molecular complexity index is 1120. The molecule has 0 aliphatic rings. The number of carbonyl (C=O) groups excluding carboxylic acids is 1. The maximum Gasteiger partial charge on any atom is 0.242 e. The smallest absolute Gasteiger partial charge is 0.242 e. The van der Waals surface area contributed by atoms with Crippen LogP contribution >= 0.6 is 0 Å². The first-order chi connectivity index (χ1) is 20.0. The summed E-state index contributed by atoms with van der Waals surface area (Å²) in [6.07, 6.45) is 4.59. The van der Waals surface area contributed by atoms with Gasteiger partial charge in [-0.25, -0.2) is 0 Å². The summed E-state index contributed by atoms with van der Waals surface area (Å²) in [5, 5.41) is 9.41. The minimum Gasteiger partial charge on any atom is -0.378 e. The number of allylic oxidation sites excluding steroid dienone is 4. The number of nitrogens with zero attached hydrogens (tertiary/aromatic N) is 7. The van der Waals surface area contributed by atoms with Crippen molar-refractivity contribution in [1.29, 1.82) is 5.26 Å². The van der Waals surface area contributed by atoms with Crippen LogP contribution in [-0.2, 0) is 4.79 Å². The zero-order valence-electron chi connectivity index (χ0n) is 28.3. The molecule has 0 aromatic heterocycles. The van der Waals surface area contributed by atoms with Crippen LogP contribution in [0.15, 0.2) is 90.7 Å². The number of aliphatic imine (C=N–C) groups is 1. The summed E-state index contributed by atoms with van der Waals surface area (Å²) < 4.78 is 0. The average Bonchev–Trinajstić information content (AvgIpc) is 2.95. The lowest BCUT2D eigenvalue weighted by atomic mass is 10.1. The first-order valence-electron chi connectivity index (χ1n) is 14.8. The van der Waals surface area contributed by atoms with Gasteiger partial charge in [-0.2, -0.15) is 5.26 Å². The molecule has 0 spiro atoms. The third kappa shape index (κ3) is 15.7. The van der Waals surface area contributed by atoms with E-state index in [1.165, 1.54) is 0 Å². The Morgan fingerprint density at radius 2 is 1.21 bits per heavy atom. The highest BCUT2D eigenvalue weighted by molar-refractivity contribution is 6.03. The molecule has 0 radical (unpaired) electrons. The Labute approximate surface area is 263 Å². The molecule has 0 N–H and O–H groups in total. The number of rotatable bonds is 23. The molecule has 0 fully saturated rings. The largest absolute Gasteiger partial charge is 0.378 e. The average molecular weight is 592 g/mol. The van der Waals surface area contributed by atoms with E-state index in [4.69, 9.17) is 0 Å². The van der Waals surface area contributed by atoms with Crippen molar-refractivity contribution in [2.24, 2.45) is 4.99 Å². The molecule has 0 aliphatic heterocycles. The lowest BCUT2D eigenvalue weighted by molar-refractivity contribution is -0.130. The van der Waals surface area contributed by atoms with E-state index in [1.807, 2.05) is 44.9 Å². The van der Waals surface area contributed by atoms with E-state index in [2.05, 4.69) is 73.8 Å². The van der Waals surface area contributed by atoms with E-state index in [1.54, 1.807) is 11.9 Å². The number of hydrogen-bond acceptors (Lipinski definition) is 7. The molecule has 238 valence electrons. The van der Waals surface area contributed by atoms with Crippen molar-refractivity contribution in [3.63, 3.8) is 0 Å². The monoisotopic (exact) mass is 591 g/mol. The minimum absolute atomic E-state index is 0.00885. The molecule has 8 heteroatoms. The highest BCUT2D eigenvalue weighted by atomic mass is 16.2. The van der Waals surface area contributed by atoms with Gasteiger partial charge in [0.15, 0.2) is 0 Å². The van der Waals surface area contributed by atoms with Crippen molar-refractivity contribution in [3.8, 4) is 6.07 Å². The van der Waals surface area contributed by atoms with Gasteiger partial charge < -0.3 is 24.5 Å². The SMILES string of the molecule is C=C(C)CCCC(=C)/N=C(/CCC(=C)N(C)CCC(=C)N(C)CC(=C)N(C)CC(=O)N(C)CC(=C)N(C)CC)C(=C)C#N. The Hall–Kier alpha value is -3.99. The van der Waals surface area contributed by atoms with Crippen LogP contribution in [0.5, 0.6) is 0 Å². The van der Waals surface area contributed by atoms with E-state index in [0.29, 0.717) is 37.2 Å². The zero-order chi connectivity index (χ0) is 33.3. The molecule has 0 aromatic rings. The van der Waals surface area contributed by atoms with Crippen molar-refractivity contribution in [2.45, 2.75) is 52.4 Å². The fraction of sp³-hybridized carbons (Fsp3) is 0.514. The van der Waals surface area contributed by atoms with Gasteiger partial charge in [-0.15, -0.1) is 6.58 Å². The van der Waals surface area contributed by atoms with Gasteiger partial charge in [0.2, 0.25) is 5.91 Å². The van der Waals surface area contributed by atoms with Crippen molar-refractivity contribution in [1.82, 2.24) is 24.5 Å². The molecule has 43 heavy (non-hydrogen) atoms. The normalized spacial score (nSPS) is 10.7. The molecular formula is C35H57N7O. The van der Waals surface area contributed by atoms with Crippen LogP contribution in [0, 0.1) is 11.3 Å². The maximum absolute atomic E-state index is 12.7. The molecule has 0 saturated carbocycles. The van der Waals surface area contributed by atoms with Gasteiger partial charge in [0.05, 0.1) is 30.9 Å². The first kappa shape index (κ1) is 39.0. The number of likely N-dealkylation sites (N-methyl/N-ethyl adjacent to an activating group) is 4. The van der Waals surface area contributed by atoms with Crippen LogP contribution in [-0.4, -0.2) is 104 Å². The second kappa shape index (κ2) is 20.0. The predicted molar refractivity (Wildman–Crippen MR) is 184 cm³/mol. The van der Waals surface area contributed by atoms with Gasteiger partial charge in [-0.1, -0.05) is 45.0 Å². The Morgan fingerprint density at radius 1 is 0.674 bits per heavy atom. The number of nitriles is 1. The second-order valence-electron chi connectivity index (χ2n) is 11.4. The Balaban J connectivity index is 4.80. The van der Waals surface area contributed by atoms with Crippen LogP contribution < -0.4 is 0 Å². The standard InChI is InChI=1S/C35H57N7O/c1-15-38(10)32(8)25-42(14)35(43)26-41(13)33(9)24-40(12)31(7)21-22-39(11)30(6)19-20-34(28(4)23-36)37-29(5)18-16-17-27(2)3/h2,4-9,15-22,24-26H2,1,3,10-14H3/b37-34-. The van der Waals surface area contributed by atoms with Crippen molar-refractivity contribution in [2.75, 3.05) is 68.0 Å². The van der Waals surface area contributed by atoms with Gasteiger partial charge >= 0.3 is 0 Å². The third-order valence-corrected chi connectivity index (χ3v) is 7.50. The molecule has 0 heterocycles. The van der Waals surface area contributed by atoms with Crippen LogP contribution in [0.2, 0.25) is 0 Å². The molecule has 0 aliphatic carbocycles. The quantitative estimate of drug-likeness (QED) is 0.0801. The van der Waals surface area contributed by atoms with Crippen LogP contribution in [0.1, 0.15) is 52.4 Å². The van der Waals surface area contributed by atoms with E-state index in [-0.39, 0.29) is 12.5 Å². The lowest BCUT2D eigenvalue weighted by Crippen LogP contribution is -2.40. The van der Waals surface area contributed by atoms with E-state index < -0.39 is 0 Å². The zero-order valence-corrected chi connectivity index (χ0v) is 28.3. The Kier molecular flexibility index (Phi) is 18.2. The molecule has 0 rings (SSSR count). The molecule has 0 unspecified atom stereocenters. The second-order valence-corrected chi connectivity index (χ2v) is 11.4. The van der Waals surface area contributed by atoms with Gasteiger partial charge in [0.1, 0.15) is 6.07 Å². The molecule has 0 aromatic carbocycles. The van der Waals surface area contributed by atoms with Crippen molar-refractivity contribution >= 4 is 11.6 Å². The maximum atomic E-state index is 12.7. The van der Waals surface area contributed by atoms with Crippen LogP contribution in [0.3, 0.4) is 0 Å². The summed E-state index contributed by atoms with van der Waals surface area (Å²) in [5.74, 6) is 0.00885. The van der Waals surface area contributed by atoms with Crippen LogP contribution in [0.25, 0.3) is 0 Å². The lowest BCUT2D eigenvalue weighted by Gasteiger charge is -2.31. The van der Waals surface area contributed by atoms with Gasteiger partial charge in [0.25, 0.3) is 0 Å². The summed E-state index contributed by atoms with van der Waals surface area (Å²) >= 11 is 0. The number of amides is 1. The Morgan fingerprint density at radius 3 is 1.77 bits per heavy atom. The fourth-order valence-electron chi connectivity index (χ4n) is 3.93. The van der Waals surface area contributed by atoms with E-state index in [0.717, 1.165) is 72.8 Å². The topological polar surface area (TPSA) is 69.4 Å². The molecule has 0 saturated heterocycles. The molecule has 0 bridgehead atoms. The summed E-state index contributed by atoms with van der Waals surface area (Å²) in [6.45, 7) is 35.6. The molecule has 0 atom stereocenters. The van der Waals surface area contributed by atoms with Gasteiger partial charge in [-0.05, 0) is 46.0 Å². The predicted octanol–water partition coefficient (Wildman–Crippen LogP) is 6.20. The fourth-order valence-corrected chi connectivity index (χ4v) is 3.93. The minimum atomic E-state index is 0.00885. The first-order valence-corrected chi connectivity index (χ1v) is 14.8. The van der Waals surface area contributed by atoms with Gasteiger partial charge in [0, 0.05) is 83.2 Å². The van der Waals surface area contributed by atoms with Crippen molar-refractivity contribution < 1.29 is 4.79 Å². The summed E-state index contributed by atoms with van der Waals surface area (Å²) in [4.78, 5) is 27.1. The summed E-state index contributed by atoms with van der Waals surface area (Å²) in [7, 11) is 9.63. The summed E-state index contributed by atoms with van der Waals surface area (Å²) in [5.41, 5.74) is 6.55. The molecule has 8 nitrogen and oxygen atoms in total. The summed E-state index contributed by atoms with van der Waals surface area (Å²) in [6, 6.07) is 2.13. The van der Waals surface area contributed by atoms with E-state index in [9.17, 15) is 10.1 Å². The highest BCUT2D eigenvalue weighted by Crippen LogP contribution is 2.17. The van der Waals surface area contributed by atoms with Crippen LogP contribution in [0.4, 0.5) is 0 Å². The number of carbonyl (C=O) groups is 1. The molecule has 1 amide bonds. The third-order valence-electron chi connectivity index (χ3n) is 7.50. The van der Waals surface area contributed by atoms with Crippen molar-refractivity contribution in [3.05, 3.63) is 85.7 Å². The van der Waals surface area contributed by atoms with Gasteiger partial charge in [-0.3, -0.25) is 9.79 Å². The number of hydrogen-bond donors (Lipinski definition) is 0.